The number of hydrogen-bond donors (Lipinski definition) is 0. The lowest BCUT2D eigenvalue weighted by Crippen LogP contribution is -2.26. The molecule has 3 aromatic rings. The molecule has 0 aliphatic carbocycles. The minimum Gasteiger partial charge on any atom is -0.455 e. The van der Waals surface area contributed by atoms with Crippen molar-refractivity contribution in [3.05, 3.63) is 71.1 Å². The number of carbonyl (C=O) groups is 2. The summed E-state index contributed by atoms with van der Waals surface area (Å²) < 4.78 is 10.8. The van der Waals surface area contributed by atoms with Crippen molar-refractivity contribution in [2.24, 2.45) is 5.92 Å². The first-order valence-electron chi connectivity index (χ1n) is 9.16. The first kappa shape index (κ1) is 19.1. The molecule has 1 fully saturated rings. The topological polar surface area (TPSA) is 85.5 Å². The molecule has 7 nitrogen and oxygen atoms in total. The number of rotatable bonds is 6. The van der Waals surface area contributed by atoms with Crippen molar-refractivity contribution < 1.29 is 18.7 Å². The molecule has 1 amide bonds. The van der Waals surface area contributed by atoms with Crippen molar-refractivity contribution >= 4 is 23.5 Å². The fraction of sp³-hybridized carbons (Fsp3) is 0.238. The number of ether oxygens (including phenoxy) is 1. The number of hydrogen-bond acceptors (Lipinski definition) is 6. The lowest BCUT2D eigenvalue weighted by atomic mass is 10.1. The minimum atomic E-state index is -0.526. The molecule has 0 bridgehead atoms. The lowest BCUT2D eigenvalue weighted by Gasteiger charge is -2.17. The molecule has 1 aliphatic heterocycles. The molecule has 8 heteroatoms. The molecular formula is C21H18ClN3O4. The molecule has 1 aromatic heterocycles. The van der Waals surface area contributed by atoms with E-state index in [9.17, 15) is 9.59 Å². The third-order valence-electron chi connectivity index (χ3n) is 4.69. The van der Waals surface area contributed by atoms with Gasteiger partial charge in [0.25, 0.3) is 5.89 Å². The first-order valence-corrected chi connectivity index (χ1v) is 9.53. The highest BCUT2D eigenvalue weighted by atomic mass is 35.5. The van der Waals surface area contributed by atoms with Crippen LogP contribution in [0.4, 0.5) is 0 Å². The molecule has 29 heavy (non-hydrogen) atoms. The van der Waals surface area contributed by atoms with Crippen LogP contribution >= 0.6 is 11.6 Å². The van der Waals surface area contributed by atoms with Gasteiger partial charge in [-0.3, -0.25) is 9.59 Å². The Hall–Kier alpha value is -3.19. The number of nitrogens with zero attached hydrogens (tertiary/aromatic N) is 3. The molecule has 148 valence electrons. The summed E-state index contributed by atoms with van der Waals surface area (Å²) >= 11 is 6.16. The van der Waals surface area contributed by atoms with Gasteiger partial charge in [0.15, 0.2) is 6.61 Å². The Labute approximate surface area is 172 Å². The number of amides is 1. The summed E-state index contributed by atoms with van der Waals surface area (Å²) in [5, 5.41) is 8.45. The van der Waals surface area contributed by atoms with Gasteiger partial charge < -0.3 is 14.1 Å². The minimum absolute atomic E-state index is 0.101. The fourth-order valence-electron chi connectivity index (χ4n) is 3.18. The van der Waals surface area contributed by atoms with Crippen molar-refractivity contribution in [3.8, 4) is 11.5 Å². The van der Waals surface area contributed by atoms with Gasteiger partial charge >= 0.3 is 5.97 Å². The summed E-state index contributed by atoms with van der Waals surface area (Å²) in [7, 11) is 0. The van der Waals surface area contributed by atoms with Crippen molar-refractivity contribution in [1.82, 2.24) is 15.1 Å². The molecule has 0 spiro atoms. The normalized spacial score (nSPS) is 16.2. The predicted octanol–water partition coefficient (Wildman–Crippen LogP) is 3.48. The average molecular weight is 412 g/mol. The number of carbonyl (C=O) groups excluding carboxylic acids is 2. The van der Waals surface area contributed by atoms with E-state index in [1.165, 1.54) is 0 Å². The summed E-state index contributed by atoms with van der Waals surface area (Å²) in [6, 6.07) is 16.6. The van der Waals surface area contributed by atoms with Gasteiger partial charge in [-0.2, -0.15) is 0 Å². The first-order chi connectivity index (χ1) is 14.1. The molecule has 2 aromatic carbocycles. The summed E-state index contributed by atoms with van der Waals surface area (Å²) in [6.07, 6.45) is 0.113. The van der Waals surface area contributed by atoms with E-state index in [1.807, 2.05) is 48.5 Å². The van der Waals surface area contributed by atoms with Crippen LogP contribution in [0.1, 0.15) is 17.9 Å². The molecular weight excluding hydrogens is 394 g/mol. The SMILES string of the molecule is O=C(OCc1nnc(-c2ccccc2)o1)[C@H]1CC(=O)N(Cc2ccccc2Cl)C1. The number of aromatic nitrogens is 2. The molecule has 1 aliphatic rings. The van der Waals surface area contributed by atoms with Crippen LogP contribution < -0.4 is 0 Å². The zero-order chi connectivity index (χ0) is 20.2. The zero-order valence-corrected chi connectivity index (χ0v) is 16.2. The summed E-state index contributed by atoms with van der Waals surface area (Å²) in [5.74, 6) is -0.523. The molecule has 2 heterocycles. The number of halogens is 1. The van der Waals surface area contributed by atoms with Gasteiger partial charge in [-0.15, -0.1) is 10.2 Å². The van der Waals surface area contributed by atoms with Gasteiger partial charge in [0.1, 0.15) is 0 Å². The van der Waals surface area contributed by atoms with E-state index < -0.39 is 11.9 Å². The van der Waals surface area contributed by atoms with E-state index in [0.717, 1.165) is 11.1 Å². The molecule has 1 saturated heterocycles. The van der Waals surface area contributed by atoms with Crippen LogP contribution in [0, 0.1) is 5.92 Å². The highest BCUT2D eigenvalue weighted by Gasteiger charge is 2.35. The van der Waals surface area contributed by atoms with Crippen LogP contribution in [0.15, 0.2) is 59.0 Å². The van der Waals surface area contributed by atoms with Crippen LogP contribution in [-0.2, 0) is 27.5 Å². The van der Waals surface area contributed by atoms with Crippen LogP contribution in [0.3, 0.4) is 0 Å². The fourth-order valence-corrected chi connectivity index (χ4v) is 3.37. The number of likely N-dealkylation sites (tertiary alicyclic amines) is 1. The van der Waals surface area contributed by atoms with Gasteiger partial charge in [-0.25, -0.2) is 0 Å². The van der Waals surface area contributed by atoms with Crippen LogP contribution in [0.5, 0.6) is 0 Å². The summed E-state index contributed by atoms with van der Waals surface area (Å²) in [6.45, 7) is 0.530. The Bertz CT molecular complexity index is 1020. The quantitative estimate of drug-likeness (QED) is 0.577. The Morgan fingerprint density at radius 2 is 1.90 bits per heavy atom. The average Bonchev–Trinajstić information content (AvgIpc) is 3.36. The Morgan fingerprint density at radius 1 is 1.14 bits per heavy atom. The second-order valence-corrected chi connectivity index (χ2v) is 7.15. The maximum Gasteiger partial charge on any atom is 0.311 e. The largest absolute Gasteiger partial charge is 0.455 e. The molecule has 4 rings (SSSR count). The maximum atomic E-state index is 12.4. The number of esters is 1. The molecule has 0 N–H and O–H groups in total. The van der Waals surface area contributed by atoms with Gasteiger partial charge in [0.2, 0.25) is 11.8 Å². The van der Waals surface area contributed by atoms with Crippen molar-refractivity contribution in [3.63, 3.8) is 0 Å². The van der Waals surface area contributed by atoms with E-state index in [1.54, 1.807) is 11.0 Å². The Kier molecular flexibility index (Phi) is 5.57. The van der Waals surface area contributed by atoms with E-state index in [2.05, 4.69) is 10.2 Å². The molecule has 0 radical (unpaired) electrons. The lowest BCUT2D eigenvalue weighted by molar-refractivity contribution is -0.150. The van der Waals surface area contributed by atoms with E-state index >= 15 is 0 Å². The molecule has 0 unspecified atom stereocenters. The van der Waals surface area contributed by atoms with Crippen LogP contribution in [0.2, 0.25) is 5.02 Å². The Morgan fingerprint density at radius 3 is 2.69 bits per heavy atom. The third-order valence-corrected chi connectivity index (χ3v) is 5.06. The van der Waals surface area contributed by atoms with Gasteiger partial charge in [-0.05, 0) is 23.8 Å². The molecule has 0 saturated carbocycles. The zero-order valence-electron chi connectivity index (χ0n) is 15.5. The standard InChI is InChI=1S/C21H18ClN3O4/c22-17-9-5-4-8-15(17)11-25-12-16(10-19(25)26)21(27)28-13-18-23-24-20(29-18)14-6-2-1-3-7-14/h1-9,16H,10-13H2/t16-/m0/s1. The van der Waals surface area contributed by atoms with E-state index in [-0.39, 0.29) is 24.8 Å². The highest BCUT2D eigenvalue weighted by molar-refractivity contribution is 6.31. The third kappa shape index (κ3) is 4.46. The molecule has 1 atom stereocenters. The smallest absolute Gasteiger partial charge is 0.311 e. The monoisotopic (exact) mass is 411 g/mol. The van der Waals surface area contributed by atoms with Crippen molar-refractivity contribution in [1.29, 1.82) is 0 Å². The van der Waals surface area contributed by atoms with E-state index in [0.29, 0.717) is 24.0 Å². The Balaban J connectivity index is 1.32. The maximum absolute atomic E-state index is 12.4. The van der Waals surface area contributed by atoms with Gasteiger partial charge in [-0.1, -0.05) is 48.0 Å². The van der Waals surface area contributed by atoms with Crippen LogP contribution in [-0.4, -0.2) is 33.5 Å². The van der Waals surface area contributed by atoms with Gasteiger partial charge in [0.05, 0.1) is 5.92 Å². The highest BCUT2D eigenvalue weighted by Crippen LogP contribution is 2.25. The number of benzene rings is 2. The predicted molar refractivity (Wildman–Crippen MR) is 105 cm³/mol. The second kappa shape index (κ2) is 8.45. The van der Waals surface area contributed by atoms with Crippen molar-refractivity contribution in [2.45, 2.75) is 19.6 Å². The summed E-state index contributed by atoms with van der Waals surface area (Å²) in [4.78, 5) is 26.3. The van der Waals surface area contributed by atoms with E-state index in [4.69, 9.17) is 20.8 Å². The van der Waals surface area contributed by atoms with Gasteiger partial charge in [0, 0.05) is 30.1 Å². The summed E-state index contributed by atoms with van der Waals surface area (Å²) in [5.41, 5.74) is 1.63. The van der Waals surface area contributed by atoms with Crippen LogP contribution in [0.25, 0.3) is 11.5 Å². The second-order valence-electron chi connectivity index (χ2n) is 6.74. The van der Waals surface area contributed by atoms with Crippen molar-refractivity contribution in [2.75, 3.05) is 6.54 Å².